The van der Waals surface area contributed by atoms with E-state index in [9.17, 15) is 5.11 Å². The van der Waals surface area contributed by atoms with Gasteiger partial charge in [-0.3, -0.25) is 4.99 Å². The number of ether oxygens (including phenoxy) is 1. The average molecular weight is 227 g/mol. The Bertz CT molecular complexity index is 262. The van der Waals surface area contributed by atoms with E-state index in [1.165, 1.54) is 0 Å². The summed E-state index contributed by atoms with van der Waals surface area (Å²) in [7, 11) is 2.03. The van der Waals surface area contributed by atoms with E-state index in [0.717, 1.165) is 44.9 Å². The predicted molar refractivity (Wildman–Crippen MR) is 62.6 cm³/mol. The zero-order valence-electron chi connectivity index (χ0n) is 9.91. The molecule has 0 aromatic heterocycles. The van der Waals surface area contributed by atoms with Crippen molar-refractivity contribution in [3.8, 4) is 0 Å². The van der Waals surface area contributed by atoms with Crippen LogP contribution in [0.4, 0.5) is 0 Å². The Morgan fingerprint density at radius 3 is 2.88 bits per heavy atom. The molecule has 0 saturated carbocycles. The highest BCUT2D eigenvalue weighted by molar-refractivity contribution is 5.81. The Morgan fingerprint density at radius 2 is 2.25 bits per heavy atom. The zero-order chi connectivity index (χ0) is 11.4. The summed E-state index contributed by atoms with van der Waals surface area (Å²) >= 11 is 0. The maximum Gasteiger partial charge on any atom is 0.193 e. The SMILES string of the molecule is CN1CCN=C1NCCC1(O)CCOCC1. The summed E-state index contributed by atoms with van der Waals surface area (Å²) in [5, 5.41) is 13.5. The van der Waals surface area contributed by atoms with Gasteiger partial charge >= 0.3 is 0 Å². The standard InChI is InChI=1S/C11H21N3O2/c1-14-7-6-13-10(14)12-5-2-11(15)3-8-16-9-4-11/h15H,2-9H2,1H3,(H,12,13). The molecule has 1 saturated heterocycles. The van der Waals surface area contributed by atoms with Gasteiger partial charge in [0.15, 0.2) is 5.96 Å². The van der Waals surface area contributed by atoms with Gasteiger partial charge in [0.25, 0.3) is 0 Å². The third kappa shape index (κ3) is 2.86. The molecule has 0 amide bonds. The van der Waals surface area contributed by atoms with Gasteiger partial charge in [-0.15, -0.1) is 0 Å². The lowest BCUT2D eigenvalue weighted by Crippen LogP contribution is -2.42. The summed E-state index contributed by atoms with van der Waals surface area (Å²) in [5.74, 6) is 0.954. The number of likely N-dealkylation sites (N-methyl/N-ethyl adjacent to an activating group) is 1. The molecular formula is C11H21N3O2. The van der Waals surface area contributed by atoms with Crippen LogP contribution in [0.25, 0.3) is 0 Å². The van der Waals surface area contributed by atoms with Crippen LogP contribution in [0, 0.1) is 0 Å². The van der Waals surface area contributed by atoms with Crippen molar-refractivity contribution in [1.82, 2.24) is 10.2 Å². The molecule has 2 N–H and O–H groups in total. The Kier molecular flexibility index (Phi) is 3.66. The summed E-state index contributed by atoms with van der Waals surface area (Å²) in [4.78, 5) is 6.45. The largest absolute Gasteiger partial charge is 0.390 e. The van der Waals surface area contributed by atoms with Crippen LogP contribution < -0.4 is 5.32 Å². The summed E-state index contributed by atoms with van der Waals surface area (Å²) in [6.45, 7) is 3.99. The lowest BCUT2D eigenvalue weighted by atomic mass is 9.91. The number of hydrogen-bond acceptors (Lipinski definition) is 5. The van der Waals surface area contributed by atoms with Crippen molar-refractivity contribution in [2.24, 2.45) is 4.99 Å². The molecule has 0 unspecified atom stereocenters. The van der Waals surface area contributed by atoms with E-state index in [4.69, 9.17) is 4.74 Å². The van der Waals surface area contributed by atoms with Crippen molar-refractivity contribution < 1.29 is 9.84 Å². The molecule has 0 radical (unpaired) electrons. The topological polar surface area (TPSA) is 57.1 Å². The normalized spacial score (nSPS) is 24.4. The van der Waals surface area contributed by atoms with Crippen molar-refractivity contribution in [3.05, 3.63) is 0 Å². The molecule has 0 atom stereocenters. The second-order valence-corrected chi connectivity index (χ2v) is 4.64. The van der Waals surface area contributed by atoms with Gasteiger partial charge in [-0.25, -0.2) is 0 Å². The number of nitrogens with zero attached hydrogens (tertiary/aromatic N) is 2. The van der Waals surface area contributed by atoms with E-state index >= 15 is 0 Å². The van der Waals surface area contributed by atoms with Crippen LogP contribution in [0.3, 0.4) is 0 Å². The molecule has 0 aliphatic carbocycles. The second-order valence-electron chi connectivity index (χ2n) is 4.64. The fourth-order valence-electron chi connectivity index (χ4n) is 2.13. The lowest BCUT2D eigenvalue weighted by Gasteiger charge is -2.32. The van der Waals surface area contributed by atoms with Crippen molar-refractivity contribution in [3.63, 3.8) is 0 Å². The summed E-state index contributed by atoms with van der Waals surface area (Å²) in [5.41, 5.74) is -0.539. The number of guanidine groups is 1. The highest BCUT2D eigenvalue weighted by atomic mass is 16.5. The van der Waals surface area contributed by atoms with E-state index in [1.54, 1.807) is 0 Å². The zero-order valence-corrected chi connectivity index (χ0v) is 9.91. The van der Waals surface area contributed by atoms with Gasteiger partial charge in [-0.1, -0.05) is 0 Å². The first-order valence-electron chi connectivity index (χ1n) is 5.99. The minimum absolute atomic E-state index is 0.539. The maximum atomic E-state index is 10.2. The van der Waals surface area contributed by atoms with E-state index in [-0.39, 0.29) is 0 Å². The second kappa shape index (κ2) is 5.01. The molecule has 5 nitrogen and oxygen atoms in total. The van der Waals surface area contributed by atoms with Crippen LogP contribution in [0.5, 0.6) is 0 Å². The third-order valence-electron chi connectivity index (χ3n) is 3.36. The summed E-state index contributed by atoms with van der Waals surface area (Å²) in [6, 6.07) is 0. The average Bonchev–Trinajstić information content (AvgIpc) is 2.65. The van der Waals surface area contributed by atoms with Crippen LogP contribution >= 0.6 is 0 Å². The molecule has 16 heavy (non-hydrogen) atoms. The van der Waals surface area contributed by atoms with E-state index < -0.39 is 5.60 Å². The monoisotopic (exact) mass is 227 g/mol. The van der Waals surface area contributed by atoms with Gasteiger partial charge in [-0.2, -0.15) is 0 Å². The third-order valence-corrected chi connectivity index (χ3v) is 3.36. The van der Waals surface area contributed by atoms with Gasteiger partial charge in [-0.05, 0) is 19.3 Å². The predicted octanol–water partition coefficient (Wildman–Crippen LogP) is -0.191. The molecule has 0 spiro atoms. The molecular weight excluding hydrogens is 206 g/mol. The Labute approximate surface area is 96.5 Å². The first-order valence-corrected chi connectivity index (χ1v) is 5.99. The summed E-state index contributed by atoms with van der Waals surface area (Å²) < 4.78 is 5.25. The van der Waals surface area contributed by atoms with Crippen LogP contribution in [0.2, 0.25) is 0 Å². The number of rotatable bonds is 3. The van der Waals surface area contributed by atoms with Crippen molar-refractivity contribution in [2.75, 3.05) is 39.9 Å². The first-order chi connectivity index (χ1) is 7.70. The van der Waals surface area contributed by atoms with Gasteiger partial charge in [0.05, 0.1) is 12.1 Å². The number of aliphatic imine (C=N–C) groups is 1. The van der Waals surface area contributed by atoms with E-state index in [0.29, 0.717) is 13.2 Å². The quantitative estimate of drug-likeness (QED) is 0.701. The lowest BCUT2D eigenvalue weighted by molar-refractivity contribution is -0.0669. The number of aliphatic hydroxyl groups is 1. The van der Waals surface area contributed by atoms with Gasteiger partial charge in [0, 0.05) is 33.4 Å². The van der Waals surface area contributed by atoms with Crippen LogP contribution in [0.1, 0.15) is 19.3 Å². The van der Waals surface area contributed by atoms with Crippen molar-refractivity contribution in [2.45, 2.75) is 24.9 Å². The molecule has 2 heterocycles. The fourth-order valence-corrected chi connectivity index (χ4v) is 2.13. The molecule has 0 bridgehead atoms. The van der Waals surface area contributed by atoms with Gasteiger partial charge in [0.2, 0.25) is 0 Å². The van der Waals surface area contributed by atoms with Gasteiger partial charge in [0.1, 0.15) is 0 Å². The molecule has 1 fully saturated rings. The van der Waals surface area contributed by atoms with Gasteiger partial charge < -0.3 is 20.1 Å². The number of nitrogens with one attached hydrogen (secondary N) is 1. The molecule has 92 valence electrons. The molecule has 5 heteroatoms. The fraction of sp³-hybridized carbons (Fsp3) is 0.909. The Hall–Kier alpha value is -0.810. The highest BCUT2D eigenvalue weighted by Gasteiger charge is 2.29. The molecule has 0 aromatic rings. The minimum Gasteiger partial charge on any atom is -0.390 e. The summed E-state index contributed by atoms with van der Waals surface area (Å²) in [6.07, 6.45) is 2.26. The van der Waals surface area contributed by atoms with Crippen molar-refractivity contribution in [1.29, 1.82) is 0 Å². The Balaban J connectivity index is 1.70. The number of hydrogen-bond donors (Lipinski definition) is 2. The highest BCUT2D eigenvalue weighted by Crippen LogP contribution is 2.23. The Morgan fingerprint density at radius 1 is 1.50 bits per heavy atom. The molecule has 2 aliphatic heterocycles. The first kappa shape index (κ1) is 11.7. The van der Waals surface area contributed by atoms with Crippen LogP contribution in [-0.2, 0) is 4.74 Å². The van der Waals surface area contributed by atoms with E-state index in [1.807, 2.05) is 7.05 Å². The van der Waals surface area contributed by atoms with Crippen molar-refractivity contribution >= 4 is 5.96 Å². The maximum absolute atomic E-state index is 10.2. The molecule has 2 rings (SSSR count). The smallest absolute Gasteiger partial charge is 0.193 e. The van der Waals surface area contributed by atoms with Crippen LogP contribution in [-0.4, -0.2) is 61.5 Å². The van der Waals surface area contributed by atoms with Crippen LogP contribution in [0.15, 0.2) is 4.99 Å². The van der Waals surface area contributed by atoms with E-state index in [2.05, 4.69) is 15.2 Å². The molecule has 0 aromatic carbocycles. The minimum atomic E-state index is -0.539. The molecule has 2 aliphatic rings.